The first-order valence-corrected chi connectivity index (χ1v) is 11.8. The third kappa shape index (κ3) is 5.47. The third-order valence-corrected chi connectivity index (χ3v) is 6.17. The maximum Gasteiger partial charge on any atom is 0.272 e. The zero-order valence-corrected chi connectivity index (χ0v) is 21.5. The number of aromatic nitrogens is 2. The zero-order valence-electron chi connectivity index (χ0n) is 20.7. The van der Waals surface area contributed by atoms with Gasteiger partial charge in [0.1, 0.15) is 11.4 Å². The van der Waals surface area contributed by atoms with Crippen LogP contribution in [0.4, 0.5) is 0 Å². The number of rotatable bonds is 9. The van der Waals surface area contributed by atoms with Crippen molar-refractivity contribution in [2.24, 2.45) is 0 Å². The van der Waals surface area contributed by atoms with E-state index in [-0.39, 0.29) is 5.91 Å². The largest absolute Gasteiger partial charge is 0.497 e. The van der Waals surface area contributed by atoms with E-state index in [0.717, 1.165) is 22.6 Å². The van der Waals surface area contributed by atoms with Crippen molar-refractivity contribution in [3.05, 3.63) is 89.1 Å². The first-order valence-electron chi connectivity index (χ1n) is 11.4. The molecule has 0 aliphatic heterocycles. The molecule has 0 fully saturated rings. The van der Waals surface area contributed by atoms with Crippen molar-refractivity contribution in [3.8, 4) is 34.2 Å². The predicted molar refractivity (Wildman–Crippen MR) is 141 cm³/mol. The van der Waals surface area contributed by atoms with E-state index < -0.39 is 0 Å². The Hall–Kier alpha value is -3.97. The molecule has 0 aliphatic carbocycles. The van der Waals surface area contributed by atoms with Crippen molar-refractivity contribution in [3.63, 3.8) is 0 Å². The number of hydrogen-bond donors (Lipinski definition) is 0. The minimum Gasteiger partial charge on any atom is -0.497 e. The van der Waals surface area contributed by atoms with Crippen LogP contribution < -0.4 is 14.2 Å². The highest BCUT2D eigenvalue weighted by Crippen LogP contribution is 2.28. The second-order valence-corrected chi connectivity index (χ2v) is 8.63. The maximum absolute atomic E-state index is 13.6. The molecule has 0 saturated heterocycles. The highest BCUT2D eigenvalue weighted by Gasteiger charge is 2.21. The van der Waals surface area contributed by atoms with Gasteiger partial charge in [0.05, 0.1) is 32.7 Å². The van der Waals surface area contributed by atoms with Gasteiger partial charge in [-0.15, -0.1) is 0 Å². The van der Waals surface area contributed by atoms with Gasteiger partial charge in [-0.05, 0) is 78.7 Å². The molecule has 186 valence electrons. The molecule has 0 atom stereocenters. The summed E-state index contributed by atoms with van der Waals surface area (Å²) in [6.07, 6.45) is 0.656. The van der Waals surface area contributed by atoms with Crippen LogP contribution in [0.1, 0.15) is 16.1 Å². The number of benzene rings is 3. The first-order chi connectivity index (χ1) is 17.4. The van der Waals surface area contributed by atoms with Crippen LogP contribution in [0.5, 0.6) is 17.2 Å². The van der Waals surface area contributed by atoms with E-state index in [1.807, 2.05) is 60.7 Å². The molecule has 4 rings (SSSR count). The number of carbonyl (C=O) groups excluding carboxylic acids is 1. The highest BCUT2D eigenvalue weighted by atomic mass is 35.5. The van der Waals surface area contributed by atoms with Crippen molar-refractivity contribution >= 4 is 17.5 Å². The van der Waals surface area contributed by atoms with Gasteiger partial charge >= 0.3 is 0 Å². The van der Waals surface area contributed by atoms with Gasteiger partial charge < -0.3 is 19.1 Å². The second kappa shape index (κ2) is 11.2. The summed E-state index contributed by atoms with van der Waals surface area (Å²) in [4.78, 5) is 15.3. The summed E-state index contributed by atoms with van der Waals surface area (Å²) in [7, 11) is 6.62. The Labute approximate surface area is 215 Å². The quantitative estimate of drug-likeness (QED) is 0.299. The third-order valence-electron chi connectivity index (χ3n) is 5.92. The summed E-state index contributed by atoms with van der Waals surface area (Å²) in [6.45, 7) is 0.512. The molecule has 0 radical (unpaired) electrons. The predicted octanol–water partition coefficient (Wildman–Crippen LogP) is 5.53. The van der Waals surface area contributed by atoms with Gasteiger partial charge in [-0.1, -0.05) is 17.7 Å². The number of likely N-dealkylation sites (N-methyl/N-ethyl adjacent to an activating group) is 1. The average molecular weight is 506 g/mol. The smallest absolute Gasteiger partial charge is 0.272 e. The van der Waals surface area contributed by atoms with E-state index in [4.69, 9.17) is 30.9 Å². The van der Waals surface area contributed by atoms with Crippen molar-refractivity contribution in [1.29, 1.82) is 0 Å². The normalized spacial score (nSPS) is 10.7. The number of ether oxygens (including phenoxy) is 3. The maximum atomic E-state index is 13.6. The monoisotopic (exact) mass is 505 g/mol. The number of amides is 1. The van der Waals surface area contributed by atoms with E-state index in [2.05, 4.69) is 0 Å². The molecule has 1 aromatic heterocycles. The molecule has 0 aliphatic rings. The van der Waals surface area contributed by atoms with Crippen molar-refractivity contribution in [1.82, 2.24) is 14.7 Å². The molecule has 0 spiro atoms. The van der Waals surface area contributed by atoms with Crippen molar-refractivity contribution in [2.45, 2.75) is 6.42 Å². The Morgan fingerprint density at radius 1 is 0.889 bits per heavy atom. The highest BCUT2D eigenvalue weighted by molar-refractivity contribution is 6.30. The summed E-state index contributed by atoms with van der Waals surface area (Å²) < 4.78 is 17.6. The Kier molecular flexibility index (Phi) is 7.80. The van der Waals surface area contributed by atoms with Crippen LogP contribution in [0.2, 0.25) is 5.02 Å². The molecule has 0 bridgehead atoms. The fraction of sp³-hybridized carbons (Fsp3) is 0.214. The number of methoxy groups -OCH3 is 3. The summed E-state index contributed by atoms with van der Waals surface area (Å²) in [6, 6.07) is 22.4. The lowest BCUT2D eigenvalue weighted by Gasteiger charge is -2.18. The molecule has 0 N–H and O–H groups in total. The van der Waals surface area contributed by atoms with Crippen LogP contribution in [-0.4, -0.2) is 55.5 Å². The Morgan fingerprint density at radius 3 is 2.22 bits per heavy atom. The minimum absolute atomic E-state index is 0.141. The lowest BCUT2D eigenvalue weighted by Crippen LogP contribution is -2.30. The van der Waals surface area contributed by atoms with Gasteiger partial charge in [0.25, 0.3) is 5.91 Å². The number of hydrogen-bond acceptors (Lipinski definition) is 5. The molecule has 1 heterocycles. The van der Waals surface area contributed by atoms with Crippen molar-refractivity contribution in [2.75, 3.05) is 34.9 Å². The summed E-state index contributed by atoms with van der Waals surface area (Å²) >= 11 is 6.09. The lowest BCUT2D eigenvalue weighted by molar-refractivity contribution is 0.0787. The van der Waals surface area contributed by atoms with Crippen LogP contribution in [0.25, 0.3) is 16.9 Å². The van der Waals surface area contributed by atoms with Crippen LogP contribution in [0, 0.1) is 0 Å². The molecule has 1 amide bonds. The number of carbonyl (C=O) groups is 1. The Bertz CT molecular complexity index is 1330. The van der Waals surface area contributed by atoms with Crippen LogP contribution >= 0.6 is 11.6 Å². The van der Waals surface area contributed by atoms with E-state index in [1.54, 1.807) is 50.1 Å². The van der Waals surface area contributed by atoms with Gasteiger partial charge in [-0.3, -0.25) is 4.79 Å². The van der Waals surface area contributed by atoms with E-state index in [1.165, 1.54) is 0 Å². The van der Waals surface area contributed by atoms with Gasteiger partial charge in [0.15, 0.2) is 11.5 Å². The SMILES string of the molecule is COc1ccc(-c2cc(C(=O)N(C)CCc3ccc(OC)c(OC)c3)n(-c3ccc(Cl)cc3)n2)cc1. The standard InChI is InChI=1S/C28H28ClN3O4/c1-31(16-15-19-5-14-26(35-3)27(17-19)36-4)28(33)25-18-24(20-6-12-23(34-2)13-7-20)30-32(25)22-10-8-21(29)9-11-22/h5-14,17-18H,15-16H2,1-4H3. The molecule has 8 heteroatoms. The molecule has 7 nitrogen and oxygen atoms in total. The topological polar surface area (TPSA) is 65.8 Å². The molecule has 4 aromatic rings. The number of nitrogens with zero attached hydrogens (tertiary/aromatic N) is 3. The molecular formula is C28H28ClN3O4. The number of halogens is 1. The van der Waals surface area contributed by atoms with E-state index in [0.29, 0.717) is 40.9 Å². The lowest BCUT2D eigenvalue weighted by atomic mass is 10.1. The fourth-order valence-electron chi connectivity index (χ4n) is 3.85. The van der Waals surface area contributed by atoms with Crippen LogP contribution in [-0.2, 0) is 6.42 Å². The zero-order chi connectivity index (χ0) is 25.7. The first kappa shape index (κ1) is 25.1. The fourth-order valence-corrected chi connectivity index (χ4v) is 3.97. The summed E-state index contributed by atoms with van der Waals surface area (Å²) in [5.41, 5.74) is 3.81. The Morgan fingerprint density at radius 2 is 1.58 bits per heavy atom. The molecule has 36 heavy (non-hydrogen) atoms. The van der Waals surface area contributed by atoms with Gasteiger partial charge in [-0.25, -0.2) is 4.68 Å². The van der Waals surface area contributed by atoms with E-state index >= 15 is 0 Å². The summed E-state index contributed by atoms with van der Waals surface area (Å²) in [5, 5.41) is 5.37. The van der Waals surface area contributed by atoms with Gasteiger partial charge in [0.2, 0.25) is 0 Å². The summed E-state index contributed by atoms with van der Waals surface area (Å²) in [5.74, 6) is 1.94. The van der Waals surface area contributed by atoms with Gasteiger partial charge in [0, 0.05) is 24.2 Å². The molecular weight excluding hydrogens is 478 g/mol. The van der Waals surface area contributed by atoms with Crippen molar-refractivity contribution < 1.29 is 19.0 Å². The molecule has 3 aromatic carbocycles. The second-order valence-electron chi connectivity index (χ2n) is 8.20. The van der Waals surface area contributed by atoms with Crippen LogP contribution in [0.15, 0.2) is 72.8 Å². The molecule has 0 saturated carbocycles. The average Bonchev–Trinajstić information content (AvgIpc) is 3.37. The van der Waals surface area contributed by atoms with Crippen LogP contribution in [0.3, 0.4) is 0 Å². The Balaban J connectivity index is 1.61. The van der Waals surface area contributed by atoms with E-state index in [9.17, 15) is 4.79 Å². The minimum atomic E-state index is -0.141. The van der Waals surface area contributed by atoms with Gasteiger partial charge in [-0.2, -0.15) is 5.10 Å². The molecule has 0 unspecified atom stereocenters.